The van der Waals surface area contributed by atoms with Crippen LogP contribution in [0.5, 0.6) is 23.0 Å². The quantitative estimate of drug-likeness (QED) is 0.445. The summed E-state index contributed by atoms with van der Waals surface area (Å²) in [6, 6.07) is 11.3. The molecule has 1 amide bonds. The molecule has 1 fully saturated rings. The molecule has 0 saturated carbocycles. The molecule has 3 aromatic rings. The first-order valence-electron chi connectivity index (χ1n) is 11.2. The predicted octanol–water partition coefficient (Wildman–Crippen LogP) is 3.72. The molecule has 9 heteroatoms. The Labute approximate surface area is 198 Å². The minimum Gasteiger partial charge on any atom is -0.493 e. The van der Waals surface area contributed by atoms with Gasteiger partial charge in [0.1, 0.15) is 0 Å². The minimum atomic E-state index is -0.135. The van der Waals surface area contributed by atoms with E-state index in [0.29, 0.717) is 67.3 Å². The zero-order valence-corrected chi connectivity index (χ0v) is 19.9. The summed E-state index contributed by atoms with van der Waals surface area (Å²) in [4.78, 5) is 19.0. The highest BCUT2D eigenvalue weighted by molar-refractivity contribution is 5.79. The fourth-order valence-electron chi connectivity index (χ4n) is 4.05. The van der Waals surface area contributed by atoms with Gasteiger partial charge in [0.15, 0.2) is 23.0 Å². The molecule has 9 nitrogen and oxygen atoms in total. The smallest absolute Gasteiger partial charge is 0.232 e. The van der Waals surface area contributed by atoms with Crippen LogP contribution in [0.15, 0.2) is 40.9 Å². The molecule has 180 valence electrons. The van der Waals surface area contributed by atoms with E-state index in [1.54, 1.807) is 21.3 Å². The number of methoxy groups -OCH3 is 3. The number of carbonyl (C=O) groups excluding carboxylic acids is 1. The van der Waals surface area contributed by atoms with Crippen molar-refractivity contribution in [3.8, 4) is 34.4 Å². The first-order chi connectivity index (χ1) is 16.6. The lowest BCUT2D eigenvalue weighted by Crippen LogP contribution is -2.27. The highest BCUT2D eigenvalue weighted by Crippen LogP contribution is 2.34. The van der Waals surface area contributed by atoms with Crippen molar-refractivity contribution in [2.24, 2.45) is 0 Å². The molecule has 0 radical (unpaired) electrons. The van der Waals surface area contributed by atoms with E-state index in [2.05, 4.69) is 10.1 Å². The van der Waals surface area contributed by atoms with Gasteiger partial charge in [-0.1, -0.05) is 11.2 Å². The molecule has 1 saturated heterocycles. The summed E-state index contributed by atoms with van der Waals surface area (Å²) >= 11 is 0. The summed E-state index contributed by atoms with van der Waals surface area (Å²) in [7, 11) is 4.80. The second kappa shape index (κ2) is 10.5. The third kappa shape index (κ3) is 4.93. The Kier molecular flexibility index (Phi) is 7.20. The molecule has 1 aliphatic rings. The molecule has 4 rings (SSSR count). The van der Waals surface area contributed by atoms with Crippen LogP contribution in [0.1, 0.15) is 30.7 Å². The van der Waals surface area contributed by atoms with Crippen molar-refractivity contribution in [3.63, 3.8) is 0 Å². The topological polar surface area (TPSA) is 96.2 Å². The molecule has 2 heterocycles. The molecule has 1 aromatic heterocycles. The lowest BCUT2D eigenvalue weighted by molar-refractivity contribution is -0.127. The predicted molar refractivity (Wildman–Crippen MR) is 125 cm³/mol. The normalized spacial score (nSPS) is 15.5. The van der Waals surface area contributed by atoms with Gasteiger partial charge in [-0.15, -0.1) is 0 Å². The van der Waals surface area contributed by atoms with E-state index in [-0.39, 0.29) is 11.8 Å². The van der Waals surface area contributed by atoms with E-state index in [1.807, 2.05) is 48.2 Å². The molecule has 1 aliphatic heterocycles. The maximum atomic E-state index is 12.6. The minimum absolute atomic E-state index is 0.0768. The number of likely N-dealkylation sites (tertiary alicyclic amines) is 1. The zero-order valence-electron chi connectivity index (χ0n) is 19.9. The average Bonchev–Trinajstić information content (AvgIpc) is 3.50. The number of rotatable bonds is 10. The molecule has 1 atom stereocenters. The van der Waals surface area contributed by atoms with E-state index in [4.69, 9.17) is 23.5 Å². The standard InChI is InChI=1S/C25H29N3O6/c1-5-33-20-9-7-17(13-22(20)32-4)24-26-25(34-27-24)18-14-23(29)28(15-18)11-10-16-6-8-19(30-2)21(12-16)31-3/h6-9,12-13,18H,5,10-11,14-15H2,1-4H3. The molecule has 34 heavy (non-hydrogen) atoms. The maximum absolute atomic E-state index is 12.6. The van der Waals surface area contributed by atoms with Gasteiger partial charge < -0.3 is 28.4 Å². The number of ether oxygens (including phenoxy) is 4. The fourth-order valence-corrected chi connectivity index (χ4v) is 4.05. The van der Waals surface area contributed by atoms with Crippen LogP contribution in [0.2, 0.25) is 0 Å². The van der Waals surface area contributed by atoms with Crippen LogP contribution in [-0.4, -0.2) is 62.0 Å². The van der Waals surface area contributed by atoms with Crippen LogP contribution < -0.4 is 18.9 Å². The molecule has 0 spiro atoms. The summed E-state index contributed by atoms with van der Waals surface area (Å²) in [6.45, 7) is 3.60. The summed E-state index contributed by atoms with van der Waals surface area (Å²) in [6.07, 6.45) is 1.06. The molecule has 0 N–H and O–H groups in total. The Bertz CT molecular complexity index is 1150. The fraction of sp³-hybridized carbons (Fsp3) is 0.400. The number of nitrogens with zero attached hydrogens (tertiary/aromatic N) is 3. The monoisotopic (exact) mass is 467 g/mol. The van der Waals surface area contributed by atoms with Crippen LogP contribution in [0.25, 0.3) is 11.4 Å². The second-order valence-corrected chi connectivity index (χ2v) is 7.94. The Morgan fingerprint density at radius 1 is 1.00 bits per heavy atom. The van der Waals surface area contributed by atoms with E-state index >= 15 is 0 Å². The first kappa shape index (κ1) is 23.4. The summed E-state index contributed by atoms with van der Waals surface area (Å²) in [5, 5.41) is 4.12. The summed E-state index contributed by atoms with van der Waals surface area (Å²) < 4.78 is 27.2. The zero-order chi connectivity index (χ0) is 24.1. The maximum Gasteiger partial charge on any atom is 0.232 e. The van der Waals surface area contributed by atoms with Crippen molar-refractivity contribution in [1.29, 1.82) is 0 Å². The van der Waals surface area contributed by atoms with Crippen molar-refractivity contribution in [1.82, 2.24) is 15.0 Å². The largest absolute Gasteiger partial charge is 0.493 e. The van der Waals surface area contributed by atoms with Crippen molar-refractivity contribution >= 4 is 5.91 Å². The van der Waals surface area contributed by atoms with Crippen LogP contribution in [-0.2, 0) is 11.2 Å². The van der Waals surface area contributed by atoms with E-state index in [9.17, 15) is 4.79 Å². The van der Waals surface area contributed by atoms with Gasteiger partial charge in [-0.2, -0.15) is 4.98 Å². The van der Waals surface area contributed by atoms with Gasteiger partial charge >= 0.3 is 0 Å². The Morgan fingerprint density at radius 3 is 2.47 bits per heavy atom. The number of hydrogen-bond acceptors (Lipinski definition) is 8. The third-order valence-electron chi connectivity index (χ3n) is 5.85. The van der Waals surface area contributed by atoms with Gasteiger partial charge in [0.05, 0.1) is 33.9 Å². The molecular weight excluding hydrogens is 438 g/mol. The van der Waals surface area contributed by atoms with Crippen LogP contribution in [0.4, 0.5) is 0 Å². The first-order valence-corrected chi connectivity index (χ1v) is 11.2. The van der Waals surface area contributed by atoms with Crippen LogP contribution in [0.3, 0.4) is 0 Å². The van der Waals surface area contributed by atoms with Crippen molar-refractivity contribution in [2.45, 2.75) is 25.7 Å². The van der Waals surface area contributed by atoms with E-state index < -0.39 is 0 Å². The second-order valence-electron chi connectivity index (χ2n) is 7.94. The van der Waals surface area contributed by atoms with Crippen molar-refractivity contribution in [2.75, 3.05) is 41.0 Å². The van der Waals surface area contributed by atoms with E-state index in [0.717, 1.165) is 11.1 Å². The third-order valence-corrected chi connectivity index (χ3v) is 5.85. The number of carbonyl (C=O) groups is 1. The van der Waals surface area contributed by atoms with Gasteiger partial charge in [0.25, 0.3) is 0 Å². The number of benzene rings is 2. The average molecular weight is 468 g/mol. The molecule has 2 aromatic carbocycles. The molecule has 0 bridgehead atoms. The van der Waals surface area contributed by atoms with E-state index in [1.165, 1.54) is 0 Å². The number of amides is 1. The van der Waals surface area contributed by atoms with Gasteiger partial charge in [-0.3, -0.25) is 4.79 Å². The highest BCUT2D eigenvalue weighted by Gasteiger charge is 2.34. The SMILES string of the molecule is CCOc1ccc(-c2noc(C3CC(=O)N(CCc4ccc(OC)c(OC)c4)C3)n2)cc1OC. The number of aromatic nitrogens is 2. The Balaban J connectivity index is 1.41. The molecular formula is C25H29N3O6. The highest BCUT2D eigenvalue weighted by atomic mass is 16.5. The lowest BCUT2D eigenvalue weighted by atomic mass is 10.1. The molecule has 0 aliphatic carbocycles. The van der Waals surface area contributed by atoms with Crippen molar-refractivity contribution in [3.05, 3.63) is 47.9 Å². The molecule has 1 unspecified atom stereocenters. The van der Waals surface area contributed by atoms with Gasteiger partial charge in [0, 0.05) is 25.1 Å². The van der Waals surface area contributed by atoms with Gasteiger partial charge in [0.2, 0.25) is 17.6 Å². The van der Waals surface area contributed by atoms with Gasteiger partial charge in [-0.25, -0.2) is 0 Å². The van der Waals surface area contributed by atoms with Crippen LogP contribution in [0, 0.1) is 0 Å². The summed E-state index contributed by atoms with van der Waals surface area (Å²) in [5.74, 6) is 3.47. The number of hydrogen-bond donors (Lipinski definition) is 0. The van der Waals surface area contributed by atoms with Crippen LogP contribution >= 0.6 is 0 Å². The summed E-state index contributed by atoms with van der Waals surface area (Å²) in [5.41, 5.74) is 1.82. The Morgan fingerprint density at radius 2 is 1.74 bits per heavy atom. The van der Waals surface area contributed by atoms with Crippen molar-refractivity contribution < 1.29 is 28.3 Å². The van der Waals surface area contributed by atoms with Gasteiger partial charge in [-0.05, 0) is 49.2 Å². The Hall–Kier alpha value is -3.75. The lowest BCUT2D eigenvalue weighted by Gasteiger charge is -2.16.